The monoisotopic (exact) mass is 379 g/mol. The number of benzene rings is 2. The normalized spacial score (nSPS) is 11.7. The molecule has 0 amide bonds. The molecule has 2 rings (SSSR count). The Kier molecular flexibility index (Phi) is 7.35. The first kappa shape index (κ1) is 19.8. The van der Waals surface area contributed by atoms with E-state index in [1.165, 1.54) is 0 Å². The van der Waals surface area contributed by atoms with Crippen LogP contribution < -0.4 is 9.46 Å². The van der Waals surface area contributed by atoms with Crippen molar-refractivity contribution in [2.75, 3.05) is 12.8 Å². The third kappa shape index (κ3) is 6.38. The summed E-state index contributed by atoms with van der Waals surface area (Å²) in [6.07, 6.45) is 3.62. The molecule has 0 fully saturated rings. The number of hydrogen-bond donors (Lipinski definition) is 1. The Balaban J connectivity index is 1.85. The lowest BCUT2D eigenvalue weighted by Gasteiger charge is -2.11. The number of nitrogens with one attached hydrogen (secondary N) is 1. The second-order valence-electron chi connectivity index (χ2n) is 5.99. The van der Waals surface area contributed by atoms with E-state index in [1.54, 1.807) is 23.9 Å². The number of aryl methyl sites for hydroxylation is 1. The van der Waals surface area contributed by atoms with Gasteiger partial charge in [-0.2, -0.15) is 0 Å². The maximum absolute atomic E-state index is 12.3. The molecule has 0 radical (unpaired) electrons. The van der Waals surface area contributed by atoms with Crippen LogP contribution in [0, 0.1) is 0 Å². The molecule has 0 bridgehead atoms. The molecule has 1 N–H and O–H groups in total. The second kappa shape index (κ2) is 9.27. The van der Waals surface area contributed by atoms with E-state index in [-0.39, 0.29) is 6.10 Å². The Bertz CT molecular complexity index is 772. The zero-order valence-electron chi connectivity index (χ0n) is 14.9. The quantitative estimate of drug-likeness (QED) is 0.526. The van der Waals surface area contributed by atoms with E-state index in [4.69, 9.17) is 4.74 Å². The van der Waals surface area contributed by atoms with Crippen molar-refractivity contribution in [3.8, 4) is 5.75 Å². The molecule has 0 saturated heterocycles. The lowest BCUT2D eigenvalue weighted by Crippen LogP contribution is -2.25. The summed E-state index contributed by atoms with van der Waals surface area (Å²) in [6.45, 7) is 4.39. The zero-order valence-corrected chi connectivity index (χ0v) is 16.5. The molecule has 0 aliphatic rings. The minimum absolute atomic E-state index is 0.138. The number of ether oxygens (including phenoxy) is 1. The fourth-order valence-corrected chi connectivity index (χ4v) is 3.87. The van der Waals surface area contributed by atoms with Gasteiger partial charge >= 0.3 is 0 Å². The van der Waals surface area contributed by atoms with E-state index >= 15 is 0 Å². The van der Waals surface area contributed by atoms with Crippen molar-refractivity contribution in [2.45, 2.75) is 42.6 Å². The van der Waals surface area contributed by atoms with Gasteiger partial charge in [-0.25, -0.2) is 13.1 Å². The highest BCUT2D eigenvalue weighted by atomic mass is 32.2. The summed E-state index contributed by atoms with van der Waals surface area (Å²) >= 11 is 1.59. The highest BCUT2D eigenvalue weighted by Gasteiger charge is 2.12. The van der Waals surface area contributed by atoms with Gasteiger partial charge in [0.25, 0.3) is 0 Å². The van der Waals surface area contributed by atoms with E-state index < -0.39 is 10.0 Å². The average Bonchev–Trinajstić information content (AvgIpc) is 2.58. The van der Waals surface area contributed by atoms with E-state index in [9.17, 15) is 8.42 Å². The molecular weight excluding hydrogens is 354 g/mol. The molecule has 0 aliphatic heterocycles. The van der Waals surface area contributed by atoms with Crippen LogP contribution in [-0.4, -0.2) is 27.3 Å². The number of hydrogen-bond acceptors (Lipinski definition) is 4. The molecule has 136 valence electrons. The molecule has 0 spiro atoms. The number of sulfonamides is 1. The van der Waals surface area contributed by atoms with Crippen molar-refractivity contribution < 1.29 is 13.2 Å². The Hall–Kier alpha value is -1.50. The summed E-state index contributed by atoms with van der Waals surface area (Å²) in [5.41, 5.74) is 1.14. The zero-order chi connectivity index (χ0) is 18.3. The summed E-state index contributed by atoms with van der Waals surface area (Å²) in [4.78, 5) is 1.35. The highest BCUT2D eigenvalue weighted by molar-refractivity contribution is 7.98. The molecule has 4 nitrogen and oxygen atoms in total. The van der Waals surface area contributed by atoms with Crippen LogP contribution in [0.15, 0.2) is 58.3 Å². The van der Waals surface area contributed by atoms with Crippen molar-refractivity contribution in [3.05, 3.63) is 54.1 Å². The molecule has 0 aliphatic carbocycles. The van der Waals surface area contributed by atoms with Gasteiger partial charge in [-0.15, -0.1) is 11.8 Å². The number of thioether (sulfide) groups is 1. The molecule has 2 aromatic rings. The minimum atomic E-state index is -3.45. The first-order valence-electron chi connectivity index (χ1n) is 8.30. The first-order chi connectivity index (χ1) is 11.9. The Labute approximate surface area is 155 Å². The summed E-state index contributed by atoms with van der Waals surface area (Å²) in [5.74, 6) is 0.849. The highest BCUT2D eigenvalue weighted by Crippen LogP contribution is 2.18. The van der Waals surface area contributed by atoms with Gasteiger partial charge in [-0.1, -0.05) is 12.1 Å². The van der Waals surface area contributed by atoms with Gasteiger partial charge in [0, 0.05) is 11.4 Å². The first-order valence-corrected chi connectivity index (χ1v) is 11.0. The van der Waals surface area contributed by atoms with Crippen LogP contribution in [0.5, 0.6) is 5.75 Å². The minimum Gasteiger partial charge on any atom is -0.491 e. The molecule has 0 heterocycles. The molecular formula is C19H25NO3S2. The Morgan fingerprint density at radius 2 is 1.84 bits per heavy atom. The van der Waals surface area contributed by atoms with Crippen LogP contribution in [0.25, 0.3) is 0 Å². The van der Waals surface area contributed by atoms with Crippen molar-refractivity contribution in [1.82, 2.24) is 4.72 Å². The standard InChI is InChI=1S/C19H25NO3S2/c1-15(2)23-17-8-4-6-16(14-17)7-5-13-20-25(21,22)19-11-9-18(24-3)10-12-19/h4,6,8-12,14-15,20H,5,7,13H2,1-3H3. The SMILES string of the molecule is CSc1ccc(S(=O)(=O)NCCCc2cccc(OC(C)C)c2)cc1. The maximum Gasteiger partial charge on any atom is 0.240 e. The fraction of sp³-hybridized carbons (Fsp3) is 0.368. The summed E-state index contributed by atoms with van der Waals surface area (Å²) in [6, 6.07) is 14.9. The lowest BCUT2D eigenvalue weighted by atomic mass is 10.1. The third-order valence-corrected chi connectivity index (χ3v) is 5.79. The van der Waals surface area contributed by atoms with Crippen LogP contribution in [-0.2, 0) is 16.4 Å². The van der Waals surface area contributed by atoms with E-state index in [0.29, 0.717) is 11.4 Å². The van der Waals surface area contributed by atoms with E-state index in [1.807, 2.05) is 56.5 Å². The summed E-state index contributed by atoms with van der Waals surface area (Å²) < 4.78 is 32.9. The smallest absolute Gasteiger partial charge is 0.240 e. The van der Waals surface area contributed by atoms with Gasteiger partial charge in [0.2, 0.25) is 10.0 Å². The van der Waals surface area contributed by atoms with Crippen LogP contribution in [0.1, 0.15) is 25.8 Å². The van der Waals surface area contributed by atoms with Crippen molar-refractivity contribution >= 4 is 21.8 Å². The van der Waals surface area contributed by atoms with Gasteiger partial charge in [0.15, 0.2) is 0 Å². The topological polar surface area (TPSA) is 55.4 Å². The van der Waals surface area contributed by atoms with Gasteiger partial charge in [0.1, 0.15) is 5.75 Å². The van der Waals surface area contributed by atoms with Gasteiger partial charge in [-0.05, 0) is 74.9 Å². The average molecular weight is 380 g/mol. The van der Waals surface area contributed by atoms with Crippen LogP contribution in [0.4, 0.5) is 0 Å². The van der Waals surface area contributed by atoms with E-state index in [0.717, 1.165) is 29.1 Å². The van der Waals surface area contributed by atoms with Gasteiger partial charge in [-0.3, -0.25) is 0 Å². The summed E-state index contributed by atoms with van der Waals surface area (Å²) in [5, 5.41) is 0. The largest absolute Gasteiger partial charge is 0.491 e. The molecule has 25 heavy (non-hydrogen) atoms. The molecule has 0 unspecified atom stereocenters. The molecule has 2 aromatic carbocycles. The molecule has 0 atom stereocenters. The Morgan fingerprint density at radius 1 is 1.12 bits per heavy atom. The third-order valence-electron chi connectivity index (χ3n) is 3.57. The molecule has 6 heteroatoms. The van der Waals surface area contributed by atoms with Crippen molar-refractivity contribution in [3.63, 3.8) is 0 Å². The van der Waals surface area contributed by atoms with Gasteiger partial charge < -0.3 is 4.74 Å². The predicted octanol–water partition coefficient (Wildman–Crippen LogP) is 4.11. The van der Waals surface area contributed by atoms with Crippen LogP contribution in [0.2, 0.25) is 0 Å². The maximum atomic E-state index is 12.3. The second-order valence-corrected chi connectivity index (χ2v) is 8.64. The fourth-order valence-electron chi connectivity index (χ4n) is 2.38. The number of rotatable bonds is 9. The van der Waals surface area contributed by atoms with Crippen molar-refractivity contribution in [2.24, 2.45) is 0 Å². The Morgan fingerprint density at radius 3 is 2.48 bits per heavy atom. The van der Waals surface area contributed by atoms with E-state index in [2.05, 4.69) is 4.72 Å². The van der Waals surface area contributed by atoms with Crippen LogP contribution in [0.3, 0.4) is 0 Å². The predicted molar refractivity (Wildman–Crippen MR) is 104 cm³/mol. The summed E-state index contributed by atoms with van der Waals surface area (Å²) in [7, 11) is -3.45. The molecule has 0 aromatic heterocycles. The van der Waals surface area contributed by atoms with Crippen LogP contribution >= 0.6 is 11.8 Å². The van der Waals surface area contributed by atoms with Crippen molar-refractivity contribution in [1.29, 1.82) is 0 Å². The van der Waals surface area contributed by atoms with Gasteiger partial charge in [0.05, 0.1) is 11.0 Å². The molecule has 0 saturated carbocycles. The lowest BCUT2D eigenvalue weighted by molar-refractivity contribution is 0.242.